The van der Waals surface area contributed by atoms with Gasteiger partial charge in [-0.15, -0.1) is 0 Å². The highest BCUT2D eigenvalue weighted by molar-refractivity contribution is 6.13. The molecule has 0 aromatic heterocycles. The Morgan fingerprint density at radius 3 is 2.20 bits per heavy atom. The number of likely N-dealkylation sites (N-methyl/N-ethyl adjacent to an activating group) is 1. The van der Waals surface area contributed by atoms with E-state index in [1.165, 1.54) is 5.69 Å². The molecule has 2 amide bonds. The lowest BCUT2D eigenvalue weighted by atomic mass is 10.0. The number of nitrogens with zero attached hydrogens (tertiary/aromatic N) is 2. The summed E-state index contributed by atoms with van der Waals surface area (Å²) < 4.78 is 0. The highest BCUT2D eigenvalue weighted by Gasteiger charge is 2.57. The summed E-state index contributed by atoms with van der Waals surface area (Å²) in [4.78, 5) is 29.6. The Morgan fingerprint density at radius 2 is 1.64 bits per heavy atom. The van der Waals surface area contributed by atoms with Crippen molar-refractivity contribution in [2.75, 3.05) is 43.4 Å². The minimum Gasteiger partial charge on any atom is -0.369 e. The maximum absolute atomic E-state index is 12.6. The van der Waals surface area contributed by atoms with Crippen LogP contribution in [-0.2, 0) is 9.59 Å². The first kappa shape index (κ1) is 16.4. The van der Waals surface area contributed by atoms with Crippen LogP contribution in [0.5, 0.6) is 0 Å². The smallest absolute Gasteiger partial charge is 0.240 e. The van der Waals surface area contributed by atoms with Crippen LogP contribution in [0.3, 0.4) is 0 Å². The fourth-order valence-corrected chi connectivity index (χ4v) is 3.30. The van der Waals surface area contributed by atoms with Crippen LogP contribution in [0.4, 0.5) is 11.4 Å². The Hall–Kier alpha value is -2.08. The summed E-state index contributed by atoms with van der Waals surface area (Å²) in [6.45, 7) is 4.17. The van der Waals surface area contributed by atoms with Crippen molar-refractivity contribution in [1.82, 2.24) is 10.2 Å². The molecule has 0 bridgehead atoms. The van der Waals surface area contributed by atoms with Gasteiger partial charge in [-0.1, -0.05) is 0 Å². The normalized spacial score (nSPS) is 22.4. The Labute approximate surface area is 148 Å². The lowest BCUT2D eigenvalue weighted by molar-refractivity contribution is -0.134. The molecule has 1 aromatic rings. The quantitative estimate of drug-likeness (QED) is 0.795. The first-order valence-corrected chi connectivity index (χ1v) is 9.23. The summed E-state index contributed by atoms with van der Waals surface area (Å²) in [6, 6.07) is 8.25. The molecule has 4 rings (SSSR count). The van der Waals surface area contributed by atoms with Gasteiger partial charge >= 0.3 is 0 Å². The Kier molecular flexibility index (Phi) is 4.15. The number of piperazine rings is 1. The van der Waals surface area contributed by atoms with Gasteiger partial charge in [0.2, 0.25) is 11.8 Å². The van der Waals surface area contributed by atoms with Crippen molar-refractivity contribution >= 4 is 23.2 Å². The molecule has 25 heavy (non-hydrogen) atoms. The summed E-state index contributed by atoms with van der Waals surface area (Å²) in [7, 11) is 2.14. The molecule has 6 nitrogen and oxygen atoms in total. The second kappa shape index (κ2) is 6.33. The average molecular weight is 342 g/mol. The molecule has 6 heteroatoms. The first-order chi connectivity index (χ1) is 12.1. The van der Waals surface area contributed by atoms with Crippen molar-refractivity contribution in [1.29, 1.82) is 0 Å². The minimum atomic E-state index is -0.835. The van der Waals surface area contributed by atoms with Crippen LogP contribution in [-0.4, -0.2) is 56.0 Å². The molecule has 1 heterocycles. The third-order valence-corrected chi connectivity index (χ3v) is 5.53. The van der Waals surface area contributed by atoms with E-state index in [0.29, 0.717) is 18.9 Å². The van der Waals surface area contributed by atoms with Crippen molar-refractivity contribution in [2.24, 2.45) is 5.41 Å². The van der Waals surface area contributed by atoms with E-state index < -0.39 is 5.41 Å². The molecule has 2 saturated carbocycles. The number of nitrogens with one attached hydrogen (secondary N) is 2. The lowest BCUT2D eigenvalue weighted by Crippen LogP contribution is -2.44. The number of hydrogen-bond donors (Lipinski definition) is 2. The zero-order chi connectivity index (χ0) is 17.4. The summed E-state index contributed by atoms with van der Waals surface area (Å²) in [5.41, 5.74) is 1.10. The van der Waals surface area contributed by atoms with Crippen LogP contribution >= 0.6 is 0 Å². The Bertz CT molecular complexity index is 657. The van der Waals surface area contributed by atoms with Gasteiger partial charge in [-0.3, -0.25) is 9.59 Å². The molecule has 3 aliphatic rings. The first-order valence-electron chi connectivity index (χ1n) is 9.23. The number of carbonyl (C=O) groups excluding carboxylic acids is 2. The van der Waals surface area contributed by atoms with E-state index in [0.717, 1.165) is 44.7 Å². The van der Waals surface area contributed by atoms with E-state index in [-0.39, 0.29) is 11.8 Å². The van der Waals surface area contributed by atoms with Gasteiger partial charge in [0.25, 0.3) is 0 Å². The van der Waals surface area contributed by atoms with Crippen LogP contribution in [0.25, 0.3) is 0 Å². The van der Waals surface area contributed by atoms with E-state index in [4.69, 9.17) is 0 Å². The van der Waals surface area contributed by atoms with Gasteiger partial charge in [-0.25, -0.2) is 0 Å². The molecular weight excluding hydrogens is 316 g/mol. The molecule has 1 aliphatic heterocycles. The SMILES string of the molecule is CN1CCN(c2ccc(NC(=O)C3(C(=O)NC4CC4)CC3)cc2)CC1. The van der Waals surface area contributed by atoms with E-state index in [1.54, 1.807) is 0 Å². The van der Waals surface area contributed by atoms with Gasteiger partial charge < -0.3 is 20.4 Å². The second-order valence-electron chi connectivity index (χ2n) is 7.62. The predicted octanol–water partition coefficient (Wildman–Crippen LogP) is 1.44. The van der Waals surface area contributed by atoms with Crippen molar-refractivity contribution in [3.63, 3.8) is 0 Å². The zero-order valence-corrected chi connectivity index (χ0v) is 14.8. The topological polar surface area (TPSA) is 64.7 Å². The van der Waals surface area contributed by atoms with Gasteiger partial charge in [-0.05, 0) is 57.0 Å². The Balaban J connectivity index is 1.36. The maximum atomic E-state index is 12.6. The maximum Gasteiger partial charge on any atom is 0.240 e. The molecule has 1 aromatic carbocycles. The van der Waals surface area contributed by atoms with Gasteiger partial charge in [0.05, 0.1) is 0 Å². The summed E-state index contributed by atoms with van der Waals surface area (Å²) in [5, 5.41) is 5.90. The molecule has 0 spiro atoms. The van der Waals surface area contributed by atoms with Gasteiger partial charge in [0, 0.05) is 43.6 Å². The van der Waals surface area contributed by atoms with Gasteiger partial charge in [-0.2, -0.15) is 0 Å². The number of rotatable bonds is 5. The average Bonchev–Trinajstić information content (AvgIpc) is 3.51. The van der Waals surface area contributed by atoms with Crippen molar-refractivity contribution < 1.29 is 9.59 Å². The van der Waals surface area contributed by atoms with Gasteiger partial charge in [0.1, 0.15) is 5.41 Å². The zero-order valence-electron chi connectivity index (χ0n) is 14.8. The number of amides is 2. The lowest BCUT2D eigenvalue weighted by Gasteiger charge is -2.34. The van der Waals surface area contributed by atoms with E-state index in [2.05, 4.69) is 27.5 Å². The molecule has 0 radical (unpaired) electrons. The van der Waals surface area contributed by atoms with Crippen LogP contribution in [0.2, 0.25) is 0 Å². The third-order valence-electron chi connectivity index (χ3n) is 5.53. The van der Waals surface area contributed by atoms with E-state index in [1.807, 2.05) is 24.3 Å². The fourth-order valence-electron chi connectivity index (χ4n) is 3.30. The fraction of sp³-hybridized carbons (Fsp3) is 0.579. The Morgan fingerprint density at radius 1 is 1.00 bits per heavy atom. The third kappa shape index (κ3) is 3.49. The van der Waals surface area contributed by atoms with Crippen LogP contribution in [0.15, 0.2) is 24.3 Å². The second-order valence-corrected chi connectivity index (χ2v) is 7.62. The largest absolute Gasteiger partial charge is 0.369 e. The molecule has 3 fully saturated rings. The monoisotopic (exact) mass is 342 g/mol. The molecule has 2 N–H and O–H groups in total. The van der Waals surface area contributed by atoms with Gasteiger partial charge in [0.15, 0.2) is 0 Å². The predicted molar refractivity (Wildman–Crippen MR) is 97.6 cm³/mol. The van der Waals surface area contributed by atoms with Crippen LogP contribution in [0, 0.1) is 5.41 Å². The van der Waals surface area contributed by atoms with Crippen molar-refractivity contribution in [3.8, 4) is 0 Å². The highest BCUT2D eigenvalue weighted by Crippen LogP contribution is 2.47. The van der Waals surface area contributed by atoms with Crippen LogP contribution < -0.4 is 15.5 Å². The molecule has 2 aliphatic carbocycles. The summed E-state index contributed by atoms with van der Waals surface area (Å²) in [6.07, 6.45) is 3.38. The number of benzene rings is 1. The minimum absolute atomic E-state index is 0.0958. The highest BCUT2D eigenvalue weighted by atomic mass is 16.2. The molecule has 134 valence electrons. The molecule has 0 atom stereocenters. The van der Waals surface area contributed by atoms with Crippen LogP contribution in [0.1, 0.15) is 25.7 Å². The molecular formula is C19H26N4O2. The van der Waals surface area contributed by atoms with Crippen molar-refractivity contribution in [3.05, 3.63) is 24.3 Å². The molecule has 1 saturated heterocycles. The summed E-state index contributed by atoms with van der Waals surface area (Å²) >= 11 is 0. The van der Waals surface area contributed by atoms with E-state index in [9.17, 15) is 9.59 Å². The number of carbonyl (C=O) groups is 2. The van der Waals surface area contributed by atoms with Crippen molar-refractivity contribution in [2.45, 2.75) is 31.7 Å². The number of hydrogen-bond acceptors (Lipinski definition) is 4. The standard InChI is InChI=1S/C19H26N4O2/c1-22-10-12-23(13-11-22)16-6-4-15(5-7-16)21-18(25)19(8-9-19)17(24)20-14-2-3-14/h4-7,14H,2-3,8-13H2,1H3,(H,20,24)(H,21,25). The molecule has 0 unspecified atom stereocenters. The summed E-state index contributed by atoms with van der Waals surface area (Å²) in [5.74, 6) is -0.264. The van der Waals surface area contributed by atoms with E-state index >= 15 is 0 Å². The number of anilines is 2.